The SMILES string of the molecule is Cc1nc2c(cc1Cl)n(C)c(=O)c(=O)n2C1CCN(C(=O)c2ccc(OC(F)(F)F)cc2)CC1. The number of amides is 1. The molecular weight excluding hydrogens is 477 g/mol. The van der Waals surface area contributed by atoms with E-state index >= 15 is 0 Å². The number of aryl methyl sites for hydroxylation is 2. The average Bonchev–Trinajstić information content (AvgIpc) is 2.79. The number of hydrogen-bond acceptors (Lipinski definition) is 5. The predicted molar refractivity (Wildman–Crippen MR) is 118 cm³/mol. The van der Waals surface area contributed by atoms with Crippen LogP contribution in [0.4, 0.5) is 13.2 Å². The second-order valence-corrected chi connectivity index (χ2v) is 8.44. The van der Waals surface area contributed by atoms with Gasteiger partial charge in [-0.25, -0.2) is 4.98 Å². The fourth-order valence-corrected chi connectivity index (χ4v) is 4.23. The number of benzene rings is 1. The smallest absolute Gasteiger partial charge is 0.406 e. The van der Waals surface area contributed by atoms with Crippen LogP contribution in [-0.2, 0) is 7.05 Å². The molecule has 2 aromatic heterocycles. The van der Waals surface area contributed by atoms with E-state index in [1.165, 1.54) is 28.3 Å². The Morgan fingerprint density at radius 2 is 1.74 bits per heavy atom. The molecule has 0 bridgehead atoms. The van der Waals surface area contributed by atoms with Gasteiger partial charge in [0.2, 0.25) is 0 Å². The van der Waals surface area contributed by atoms with Crippen molar-refractivity contribution in [2.75, 3.05) is 13.1 Å². The van der Waals surface area contributed by atoms with Gasteiger partial charge in [-0.2, -0.15) is 0 Å². The molecule has 3 aromatic rings. The van der Waals surface area contributed by atoms with E-state index in [9.17, 15) is 27.6 Å². The molecule has 0 atom stereocenters. The van der Waals surface area contributed by atoms with Crippen LogP contribution in [0.1, 0.15) is 34.9 Å². The minimum atomic E-state index is -4.81. The number of rotatable bonds is 3. The molecule has 1 aromatic carbocycles. The lowest BCUT2D eigenvalue weighted by Gasteiger charge is -2.33. The lowest BCUT2D eigenvalue weighted by molar-refractivity contribution is -0.274. The maximum atomic E-state index is 12.9. The van der Waals surface area contributed by atoms with Gasteiger partial charge in [0.25, 0.3) is 5.91 Å². The van der Waals surface area contributed by atoms with Gasteiger partial charge in [-0.3, -0.25) is 19.0 Å². The highest BCUT2D eigenvalue weighted by molar-refractivity contribution is 6.31. The molecule has 1 aliphatic rings. The molecule has 12 heteroatoms. The molecule has 1 saturated heterocycles. The van der Waals surface area contributed by atoms with Crippen LogP contribution in [0.3, 0.4) is 0 Å². The summed E-state index contributed by atoms with van der Waals surface area (Å²) in [4.78, 5) is 44.2. The third-order valence-electron chi connectivity index (χ3n) is 5.86. The highest BCUT2D eigenvalue weighted by Gasteiger charge is 2.31. The monoisotopic (exact) mass is 496 g/mol. The summed E-state index contributed by atoms with van der Waals surface area (Å²) in [6.45, 7) is 2.29. The number of halogens is 4. The van der Waals surface area contributed by atoms with Crippen molar-refractivity contribution in [2.24, 2.45) is 7.05 Å². The zero-order valence-electron chi connectivity index (χ0n) is 18.2. The molecule has 0 unspecified atom stereocenters. The number of nitrogens with zero attached hydrogens (tertiary/aromatic N) is 4. The normalized spacial score (nSPS) is 15.1. The number of ether oxygens (including phenoxy) is 1. The number of alkyl halides is 3. The van der Waals surface area contributed by atoms with E-state index in [0.717, 1.165) is 12.1 Å². The van der Waals surface area contributed by atoms with Crippen LogP contribution in [0.2, 0.25) is 5.02 Å². The summed E-state index contributed by atoms with van der Waals surface area (Å²) >= 11 is 6.17. The molecule has 4 rings (SSSR count). The van der Waals surface area contributed by atoms with E-state index in [2.05, 4.69) is 9.72 Å². The van der Waals surface area contributed by atoms with Crippen LogP contribution < -0.4 is 15.9 Å². The standard InChI is InChI=1S/C22H20ClF3N4O4/c1-12-16(23)11-17-18(27-12)30(21(33)20(32)28(17)2)14-7-9-29(10-8-14)19(31)13-3-5-15(6-4-13)34-22(24,25)26/h3-6,11,14H,7-10H2,1-2H3. The van der Waals surface area contributed by atoms with Crippen LogP contribution in [0.25, 0.3) is 11.2 Å². The Kier molecular flexibility index (Phi) is 6.15. The number of piperidine rings is 1. The van der Waals surface area contributed by atoms with Gasteiger partial charge in [0, 0.05) is 31.7 Å². The Morgan fingerprint density at radius 3 is 2.32 bits per heavy atom. The second-order valence-electron chi connectivity index (χ2n) is 8.03. The number of aromatic nitrogens is 3. The van der Waals surface area contributed by atoms with Gasteiger partial charge in [0.05, 0.1) is 16.2 Å². The van der Waals surface area contributed by atoms with Crippen LogP contribution in [0.5, 0.6) is 5.75 Å². The summed E-state index contributed by atoms with van der Waals surface area (Å²) in [6, 6.07) is 5.94. The number of likely N-dealkylation sites (tertiary alicyclic amines) is 1. The third-order valence-corrected chi connectivity index (χ3v) is 6.24. The number of carbonyl (C=O) groups is 1. The third kappa shape index (κ3) is 4.52. The van der Waals surface area contributed by atoms with Crippen molar-refractivity contribution in [3.8, 4) is 5.75 Å². The minimum absolute atomic E-state index is 0.219. The molecule has 0 spiro atoms. The molecule has 1 aliphatic heterocycles. The van der Waals surface area contributed by atoms with Crippen molar-refractivity contribution in [3.05, 3.63) is 67.3 Å². The summed E-state index contributed by atoms with van der Waals surface area (Å²) in [6.07, 6.45) is -4.02. The van der Waals surface area contributed by atoms with Crippen molar-refractivity contribution in [1.82, 2.24) is 19.0 Å². The highest BCUT2D eigenvalue weighted by Crippen LogP contribution is 2.27. The number of carbonyl (C=O) groups excluding carboxylic acids is 1. The molecular formula is C22H20ClF3N4O4. The van der Waals surface area contributed by atoms with Crippen molar-refractivity contribution in [1.29, 1.82) is 0 Å². The Balaban J connectivity index is 1.55. The topological polar surface area (TPSA) is 86.4 Å². The van der Waals surface area contributed by atoms with Crippen molar-refractivity contribution < 1.29 is 22.7 Å². The van der Waals surface area contributed by atoms with Crippen LogP contribution in [-0.4, -0.2) is 44.4 Å². The average molecular weight is 497 g/mol. The minimum Gasteiger partial charge on any atom is -0.406 e. The van der Waals surface area contributed by atoms with Crippen molar-refractivity contribution >= 4 is 28.7 Å². The van der Waals surface area contributed by atoms with E-state index < -0.39 is 23.2 Å². The van der Waals surface area contributed by atoms with Crippen molar-refractivity contribution in [3.63, 3.8) is 0 Å². The quantitative estimate of drug-likeness (QED) is 0.519. The lowest BCUT2D eigenvalue weighted by Crippen LogP contribution is -2.46. The molecule has 1 fully saturated rings. The van der Waals surface area contributed by atoms with Gasteiger partial charge in [0.1, 0.15) is 5.75 Å². The highest BCUT2D eigenvalue weighted by atomic mass is 35.5. The molecule has 0 aliphatic carbocycles. The fourth-order valence-electron chi connectivity index (χ4n) is 4.08. The van der Waals surface area contributed by atoms with E-state index in [-0.39, 0.29) is 17.5 Å². The molecule has 0 N–H and O–H groups in total. The number of hydrogen-bond donors (Lipinski definition) is 0. The summed E-state index contributed by atoms with van der Waals surface area (Å²) in [5.41, 5.74) is 0.115. The van der Waals surface area contributed by atoms with E-state index in [0.29, 0.717) is 47.8 Å². The molecule has 1 amide bonds. The van der Waals surface area contributed by atoms with Crippen molar-refractivity contribution in [2.45, 2.75) is 32.2 Å². The summed E-state index contributed by atoms with van der Waals surface area (Å²) in [5, 5.41) is 0.375. The first-order chi connectivity index (χ1) is 16.0. The first-order valence-corrected chi connectivity index (χ1v) is 10.8. The predicted octanol–water partition coefficient (Wildman–Crippen LogP) is 3.43. The van der Waals surface area contributed by atoms with Gasteiger partial charge in [-0.05, 0) is 50.1 Å². The van der Waals surface area contributed by atoms with Gasteiger partial charge in [-0.1, -0.05) is 11.6 Å². The van der Waals surface area contributed by atoms with Gasteiger partial charge >= 0.3 is 17.5 Å². The van der Waals surface area contributed by atoms with Gasteiger partial charge in [-0.15, -0.1) is 13.2 Å². The molecule has 8 nitrogen and oxygen atoms in total. The maximum absolute atomic E-state index is 12.9. The Hall–Kier alpha value is -3.34. The number of pyridine rings is 1. The van der Waals surface area contributed by atoms with Crippen LogP contribution >= 0.6 is 11.6 Å². The first kappa shape index (κ1) is 23.8. The van der Waals surface area contributed by atoms with Gasteiger partial charge < -0.3 is 14.2 Å². The van der Waals surface area contributed by atoms with Crippen LogP contribution in [0, 0.1) is 6.92 Å². The van der Waals surface area contributed by atoms with Gasteiger partial charge in [0.15, 0.2) is 5.65 Å². The zero-order valence-corrected chi connectivity index (χ0v) is 19.0. The second kappa shape index (κ2) is 8.79. The van der Waals surface area contributed by atoms with E-state index in [4.69, 9.17) is 11.6 Å². The summed E-state index contributed by atoms with van der Waals surface area (Å²) in [7, 11) is 1.48. The largest absolute Gasteiger partial charge is 0.573 e. The molecule has 3 heterocycles. The molecule has 180 valence electrons. The zero-order chi connectivity index (χ0) is 24.8. The first-order valence-electron chi connectivity index (χ1n) is 10.4. The van der Waals surface area contributed by atoms with E-state index in [1.807, 2.05) is 0 Å². The lowest BCUT2D eigenvalue weighted by atomic mass is 10.0. The number of fused-ring (bicyclic) bond motifs is 1. The summed E-state index contributed by atoms with van der Waals surface area (Å²) < 4.78 is 43.4. The molecule has 34 heavy (non-hydrogen) atoms. The van der Waals surface area contributed by atoms with E-state index in [1.54, 1.807) is 17.9 Å². The molecule has 0 saturated carbocycles. The van der Waals surface area contributed by atoms with Crippen LogP contribution in [0.15, 0.2) is 39.9 Å². The fraction of sp³-hybridized carbons (Fsp3) is 0.364. The Morgan fingerprint density at radius 1 is 1.12 bits per heavy atom. The Bertz CT molecular complexity index is 1370. The molecule has 0 radical (unpaired) electrons. The Labute approximate surface area is 196 Å². The maximum Gasteiger partial charge on any atom is 0.573 e. The summed E-state index contributed by atoms with van der Waals surface area (Å²) in [5.74, 6) is -0.762.